The molecule has 3 amide bonds. The van der Waals surface area contributed by atoms with Crippen molar-refractivity contribution in [2.24, 2.45) is 5.10 Å². The van der Waals surface area contributed by atoms with E-state index in [9.17, 15) is 14.4 Å². The van der Waals surface area contributed by atoms with Gasteiger partial charge in [-0.15, -0.1) is 11.7 Å². The van der Waals surface area contributed by atoms with E-state index in [1.807, 2.05) is 12.1 Å². The molecule has 0 saturated heterocycles. The normalized spacial score (nSPS) is 21.8. The number of fused-ring (bicyclic) bond motifs is 2. The third kappa shape index (κ3) is 2.22. The zero-order chi connectivity index (χ0) is 17.5. The molecule has 3 rings (SSSR count). The highest BCUT2D eigenvalue weighted by Crippen LogP contribution is 2.54. The summed E-state index contributed by atoms with van der Waals surface area (Å²) in [6, 6.07) is 7.25. The van der Waals surface area contributed by atoms with Gasteiger partial charge in [0.05, 0.1) is 5.69 Å². The van der Waals surface area contributed by atoms with Gasteiger partial charge in [-0.1, -0.05) is 24.3 Å². The Hall–Kier alpha value is -2.61. The molecule has 2 aliphatic heterocycles. The fourth-order valence-corrected chi connectivity index (χ4v) is 4.21. The molecular formula is C16H16N4O3S. The van der Waals surface area contributed by atoms with Gasteiger partial charge in [0.2, 0.25) is 16.7 Å². The summed E-state index contributed by atoms with van der Waals surface area (Å²) in [6.45, 7) is 6.70. The van der Waals surface area contributed by atoms with Crippen LogP contribution in [0.2, 0.25) is 0 Å². The van der Waals surface area contributed by atoms with Crippen molar-refractivity contribution in [1.82, 2.24) is 10.3 Å². The van der Waals surface area contributed by atoms with E-state index in [0.717, 1.165) is 16.8 Å². The van der Waals surface area contributed by atoms with Gasteiger partial charge in [0, 0.05) is 26.0 Å². The molecule has 124 valence electrons. The number of amidine groups is 1. The van der Waals surface area contributed by atoms with Crippen LogP contribution < -0.4 is 10.2 Å². The first-order valence-electron chi connectivity index (χ1n) is 7.30. The van der Waals surface area contributed by atoms with Gasteiger partial charge in [-0.05, 0) is 17.8 Å². The fraction of sp³-hybridized carbons (Fsp3) is 0.250. The Morgan fingerprint density at radius 2 is 2.08 bits per heavy atom. The largest absolute Gasteiger partial charge is 0.305 e. The third-order valence-corrected chi connectivity index (χ3v) is 4.96. The number of nitrogens with one attached hydrogen (secondary N) is 1. The van der Waals surface area contributed by atoms with Gasteiger partial charge in [-0.25, -0.2) is 0 Å². The van der Waals surface area contributed by atoms with Crippen LogP contribution in [0.5, 0.6) is 0 Å². The van der Waals surface area contributed by atoms with Crippen molar-refractivity contribution < 1.29 is 14.4 Å². The minimum atomic E-state index is -1.33. The highest BCUT2D eigenvalue weighted by Gasteiger charge is 2.60. The summed E-state index contributed by atoms with van der Waals surface area (Å²) in [6.07, 6.45) is 1.63. The van der Waals surface area contributed by atoms with Crippen LogP contribution in [0.3, 0.4) is 0 Å². The zero-order valence-corrected chi connectivity index (χ0v) is 14.1. The predicted octanol–water partition coefficient (Wildman–Crippen LogP) is 1.37. The first-order valence-corrected chi connectivity index (χ1v) is 8.12. The molecule has 8 heteroatoms. The number of anilines is 1. The second-order valence-electron chi connectivity index (χ2n) is 5.38. The molecule has 1 spiro atoms. The fourth-order valence-electron chi connectivity index (χ4n) is 2.87. The second kappa shape index (κ2) is 5.79. The topological polar surface area (TPSA) is 82.1 Å². The summed E-state index contributed by atoms with van der Waals surface area (Å²) in [4.78, 5) is 37.0. The van der Waals surface area contributed by atoms with Crippen LogP contribution >= 0.6 is 11.8 Å². The van der Waals surface area contributed by atoms with Crippen LogP contribution in [0.1, 0.15) is 19.4 Å². The van der Waals surface area contributed by atoms with E-state index >= 15 is 0 Å². The summed E-state index contributed by atoms with van der Waals surface area (Å²) in [5.74, 6) is -0.983. The summed E-state index contributed by atoms with van der Waals surface area (Å²) in [5, 5.41) is 8.10. The average Bonchev–Trinajstić information content (AvgIpc) is 3.01. The van der Waals surface area contributed by atoms with Crippen LogP contribution in [-0.4, -0.2) is 34.4 Å². The molecule has 1 N–H and O–H groups in total. The van der Waals surface area contributed by atoms with Crippen molar-refractivity contribution >= 4 is 40.3 Å². The molecule has 1 aromatic carbocycles. The van der Waals surface area contributed by atoms with Crippen molar-refractivity contribution in [2.45, 2.75) is 18.7 Å². The number of para-hydroxylation sites is 1. The number of amides is 3. The molecule has 0 fully saturated rings. The van der Waals surface area contributed by atoms with Crippen LogP contribution in [0, 0.1) is 0 Å². The van der Waals surface area contributed by atoms with Crippen molar-refractivity contribution in [2.75, 3.05) is 11.4 Å². The average molecular weight is 344 g/mol. The molecule has 1 unspecified atom stereocenters. The molecule has 0 bridgehead atoms. The Labute approximate surface area is 143 Å². The Kier molecular flexibility index (Phi) is 3.92. The van der Waals surface area contributed by atoms with Crippen LogP contribution in [0.15, 0.2) is 42.0 Å². The first kappa shape index (κ1) is 16.3. The molecule has 2 heterocycles. The van der Waals surface area contributed by atoms with Gasteiger partial charge >= 0.3 is 0 Å². The standard InChI is InChI=1S/C16H16N4O3S/c1-4-9-19-13-8-6-5-7-12(13)16(14(19)23)20(11(3)22)18-15(24-16)17-10(2)21/h4-8H,1,9H2,2-3H3,(H,17,18,21). The maximum absolute atomic E-state index is 13.2. The monoisotopic (exact) mass is 344 g/mol. The number of thioether (sulfide) groups is 1. The smallest absolute Gasteiger partial charge is 0.271 e. The summed E-state index contributed by atoms with van der Waals surface area (Å²) in [5.41, 5.74) is 1.38. The highest BCUT2D eigenvalue weighted by atomic mass is 32.2. The lowest BCUT2D eigenvalue weighted by Crippen LogP contribution is -2.48. The summed E-state index contributed by atoms with van der Waals surface area (Å²) >= 11 is 1.06. The minimum Gasteiger partial charge on any atom is -0.305 e. The summed E-state index contributed by atoms with van der Waals surface area (Å²) in [7, 11) is 0. The van der Waals surface area contributed by atoms with Crippen LogP contribution in [0.4, 0.5) is 5.69 Å². The van der Waals surface area contributed by atoms with Crippen molar-refractivity contribution in [1.29, 1.82) is 0 Å². The van der Waals surface area contributed by atoms with Gasteiger partial charge in [0.15, 0.2) is 5.17 Å². The number of hydrogen-bond donors (Lipinski definition) is 1. The number of carbonyl (C=O) groups excluding carboxylic acids is 3. The Balaban J connectivity index is 2.15. The molecular weight excluding hydrogens is 328 g/mol. The van der Waals surface area contributed by atoms with E-state index in [1.165, 1.54) is 13.8 Å². The van der Waals surface area contributed by atoms with E-state index in [1.54, 1.807) is 23.1 Å². The molecule has 7 nitrogen and oxygen atoms in total. The molecule has 1 atom stereocenters. The summed E-state index contributed by atoms with van der Waals surface area (Å²) < 4.78 is 0. The SMILES string of the molecule is C=CCN1C(=O)C2(SC(NC(C)=O)=NN2C(C)=O)c2ccccc21. The molecule has 0 aliphatic carbocycles. The van der Waals surface area contributed by atoms with Gasteiger partial charge in [0.25, 0.3) is 5.91 Å². The van der Waals surface area contributed by atoms with Crippen molar-refractivity contribution in [3.05, 3.63) is 42.5 Å². The molecule has 24 heavy (non-hydrogen) atoms. The maximum Gasteiger partial charge on any atom is 0.271 e. The lowest BCUT2D eigenvalue weighted by atomic mass is 10.1. The zero-order valence-electron chi connectivity index (χ0n) is 13.3. The number of hydrazone groups is 1. The molecule has 0 saturated carbocycles. The number of carbonyl (C=O) groups is 3. The number of nitrogens with zero attached hydrogens (tertiary/aromatic N) is 3. The third-order valence-electron chi connectivity index (χ3n) is 3.72. The molecule has 0 aromatic heterocycles. The van der Waals surface area contributed by atoms with Gasteiger partial charge in [-0.3, -0.25) is 14.4 Å². The Bertz CT molecular complexity index is 791. The van der Waals surface area contributed by atoms with Gasteiger partial charge in [-0.2, -0.15) is 5.01 Å². The minimum absolute atomic E-state index is 0.223. The van der Waals surface area contributed by atoms with Crippen molar-refractivity contribution in [3.8, 4) is 0 Å². The predicted molar refractivity (Wildman–Crippen MR) is 92.0 cm³/mol. The second-order valence-corrected chi connectivity index (χ2v) is 6.57. The quantitative estimate of drug-likeness (QED) is 0.822. The van der Waals surface area contributed by atoms with Gasteiger partial charge < -0.3 is 10.2 Å². The number of hydrogen-bond acceptors (Lipinski definition) is 5. The first-order chi connectivity index (χ1) is 11.4. The van der Waals surface area contributed by atoms with Crippen LogP contribution in [0.25, 0.3) is 0 Å². The highest BCUT2D eigenvalue weighted by molar-refractivity contribution is 8.15. The van der Waals surface area contributed by atoms with Crippen LogP contribution in [-0.2, 0) is 19.3 Å². The van der Waals surface area contributed by atoms with Crippen molar-refractivity contribution in [3.63, 3.8) is 0 Å². The maximum atomic E-state index is 13.2. The van der Waals surface area contributed by atoms with E-state index in [4.69, 9.17) is 0 Å². The van der Waals surface area contributed by atoms with E-state index in [0.29, 0.717) is 17.8 Å². The lowest BCUT2D eigenvalue weighted by Gasteiger charge is -2.29. The van der Waals surface area contributed by atoms with E-state index in [-0.39, 0.29) is 22.9 Å². The van der Waals surface area contributed by atoms with E-state index < -0.39 is 4.87 Å². The van der Waals surface area contributed by atoms with Gasteiger partial charge in [0.1, 0.15) is 0 Å². The van der Waals surface area contributed by atoms with E-state index in [2.05, 4.69) is 17.0 Å². The molecule has 0 radical (unpaired) electrons. The lowest BCUT2D eigenvalue weighted by molar-refractivity contribution is -0.139. The molecule has 1 aromatic rings. The number of benzene rings is 1. The number of rotatable bonds is 2. The Morgan fingerprint density at radius 1 is 1.38 bits per heavy atom. The Morgan fingerprint density at radius 3 is 2.71 bits per heavy atom. The molecule has 2 aliphatic rings.